The summed E-state index contributed by atoms with van der Waals surface area (Å²) in [6, 6.07) is 22.7. The van der Waals surface area contributed by atoms with Crippen molar-refractivity contribution in [3.8, 4) is 16.9 Å². The first-order valence-electron chi connectivity index (χ1n) is 11.9. The van der Waals surface area contributed by atoms with Gasteiger partial charge in [-0.1, -0.05) is 48.5 Å². The maximum atomic E-state index is 13.7. The van der Waals surface area contributed by atoms with Crippen LogP contribution in [0.1, 0.15) is 39.2 Å². The van der Waals surface area contributed by atoms with Crippen LogP contribution in [0.2, 0.25) is 0 Å². The minimum atomic E-state index is -0.418. The third-order valence-electron chi connectivity index (χ3n) is 5.94. The Morgan fingerprint density at radius 3 is 2.32 bits per heavy atom. The number of rotatable bonds is 8. The molecule has 0 spiro atoms. The number of furan rings is 1. The number of anilines is 1. The number of aromatic nitrogens is 4. The first kappa shape index (κ1) is 23.8. The zero-order valence-corrected chi connectivity index (χ0v) is 20.5. The number of hydrogen-bond donors (Lipinski definition) is 2. The van der Waals surface area contributed by atoms with Crippen molar-refractivity contribution < 1.29 is 14.0 Å². The van der Waals surface area contributed by atoms with E-state index in [1.54, 1.807) is 34.0 Å². The Labute approximate surface area is 213 Å². The number of benzene rings is 2. The van der Waals surface area contributed by atoms with Gasteiger partial charge in [-0.2, -0.15) is 10.2 Å². The molecule has 0 saturated heterocycles. The molecular weight excluding hydrogens is 468 g/mol. The normalized spacial score (nSPS) is 10.9. The Kier molecular flexibility index (Phi) is 6.67. The molecule has 3 aromatic heterocycles. The van der Waals surface area contributed by atoms with Crippen LogP contribution >= 0.6 is 0 Å². The molecule has 0 radical (unpaired) electrons. The molecule has 0 aliphatic heterocycles. The van der Waals surface area contributed by atoms with Crippen molar-refractivity contribution in [3.63, 3.8) is 0 Å². The van der Waals surface area contributed by atoms with Crippen molar-refractivity contribution in [2.24, 2.45) is 0 Å². The van der Waals surface area contributed by atoms with Gasteiger partial charge in [-0.3, -0.25) is 14.3 Å². The molecule has 0 bridgehead atoms. The maximum absolute atomic E-state index is 13.7. The standard InChI is InChI=1S/C28H26N6O3/c1-3-33-18-23(26(31-33)28(36)29-17-22-15-10-16-37-22)30-27(35)24-19(2)34(21-13-8-5-9-14-21)32-25(24)20-11-6-4-7-12-20/h4-16,18H,3,17H2,1-2H3,(H,29,36)(H,30,35). The van der Waals surface area contributed by atoms with Crippen molar-refractivity contribution in [1.29, 1.82) is 0 Å². The molecule has 3 heterocycles. The summed E-state index contributed by atoms with van der Waals surface area (Å²) in [6.45, 7) is 4.51. The third-order valence-corrected chi connectivity index (χ3v) is 5.94. The fourth-order valence-electron chi connectivity index (χ4n) is 4.08. The van der Waals surface area contributed by atoms with E-state index in [1.165, 1.54) is 0 Å². The highest BCUT2D eigenvalue weighted by Crippen LogP contribution is 2.28. The van der Waals surface area contributed by atoms with Crippen LogP contribution in [0.15, 0.2) is 89.7 Å². The van der Waals surface area contributed by atoms with Gasteiger partial charge >= 0.3 is 0 Å². The average molecular weight is 495 g/mol. The van der Waals surface area contributed by atoms with E-state index in [1.807, 2.05) is 74.5 Å². The van der Waals surface area contributed by atoms with Crippen LogP contribution in [0.4, 0.5) is 5.69 Å². The summed E-state index contributed by atoms with van der Waals surface area (Å²) in [6.07, 6.45) is 3.19. The van der Waals surface area contributed by atoms with E-state index in [2.05, 4.69) is 15.7 Å². The molecule has 0 aliphatic rings. The van der Waals surface area contributed by atoms with Gasteiger partial charge in [-0.15, -0.1) is 0 Å². The topological polar surface area (TPSA) is 107 Å². The van der Waals surface area contributed by atoms with Crippen LogP contribution < -0.4 is 10.6 Å². The van der Waals surface area contributed by atoms with Crippen molar-refractivity contribution >= 4 is 17.5 Å². The molecule has 5 aromatic rings. The quantitative estimate of drug-likeness (QED) is 0.321. The van der Waals surface area contributed by atoms with Gasteiger partial charge in [-0.25, -0.2) is 4.68 Å². The number of nitrogens with one attached hydrogen (secondary N) is 2. The first-order chi connectivity index (χ1) is 18.0. The van der Waals surface area contributed by atoms with Crippen LogP contribution in [0.3, 0.4) is 0 Å². The molecule has 2 N–H and O–H groups in total. The summed E-state index contributed by atoms with van der Waals surface area (Å²) in [4.78, 5) is 26.7. The molecule has 2 amide bonds. The van der Waals surface area contributed by atoms with Gasteiger partial charge in [0, 0.05) is 18.3 Å². The Morgan fingerprint density at radius 1 is 0.919 bits per heavy atom. The number of amides is 2. The Bertz CT molecular complexity index is 1520. The highest BCUT2D eigenvalue weighted by atomic mass is 16.3. The predicted octanol–water partition coefficient (Wildman–Crippen LogP) is 4.84. The molecule has 0 aliphatic carbocycles. The maximum Gasteiger partial charge on any atom is 0.274 e. The molecule has 186 valence electrons. The lowest BCUT2D eigenvalue weighted by Crippen LogP contribution is -2.25. The van der Waals surface area contributed by atoms with Gasteiger partial charge in [0.2, 0.25) is 0 Å². The lowest BCUT2D eigenvalue weighted by Gasteiger charge is -2.08. The molecule has 0 unspecified atom stereocenters. The zero-order valence-electron chi connectivity index (χ0n) is 20.5. The highest BCUT2D eigenvalue weighted by Gasteiger charge is 2.26. The zero-order chi connectivity index (χ0) is 25.8. The smallest absolute Gasteiger partial charge is 0.274 e. The summed E-state index contributed by atoms with van der Waals surface area (Å²) in [5, 5.41) is 14.9. The number of para-hydroxylation sites is 1. The molecule has 0 saturated carbocycles. The second-order valence-electron chi connectivity index (χ2n) is 8.39. The van der Waals surface area contributed by atoms with Crippen molar-refractivity contribution in [2.75, 3.05) is 5.32 Å². The molecule has 9 nitrogen and oxygen atoms in total. The number of carbonyl (C=O) groups excluding carboxylic acids is 2. The van der Waals surface area contributed by atoms with E-state index < -0.39 is 5.91 Å². The largest absolute Gasteiger partial charge is 0.467 e. The molecular formula is C28H26N6O3. The fourth-order valence-corrected chi connectivity index (χ4v) is 4.08. The van der Waals surface area contributed by atoms with E-state index in [4.69, 9.17) is 9.52 Å². The molecule has 37 heavy (non-hydrogen) atoms. The summed E-state index contributed by atoms with van der Waals surface area (Å²) in [5.74, 6) is -0.182. The van der Waals surface area contributed by atoms with E-state index >= 15 is 0 Å². The van der Waals surface area contributed by atoms with Crippen molar-refractivity contribution in [1.82, 2.24) is 24.9 Å². The van der Waals surface area contributed by atoms with Crippen LogP contribution in [0.25, 0.3) is 16.9 Å². The molecule has 5 rings (SSSR count). The fraction of sp³-hybridized carbons (Fsp3) is 0.143. The van der Waals surface area contributed by atoms with Crippen molar-refractivity contribution in [3.05, 3.63) is 108 Å². The van der Waals surface area contributed by atoms with Crippen LogP contribution in [0.5, 0.6) is 0 Å². The van der Waals surface area contributed by atoms with E-state index in [0.717, 1.165) is 11.3 Å². The van der Waals surface area contributed by atoms with E-state index in [-0.39, 0.29) is 18.1 Å². The number of hydrogen-bond acceptors (Lipinski definition) is 5. The Morgan fingerprint density at radius 2 is 1.65 bits per heavy atom. The minimum absolute atomic E-state index is 0.121. The minimum Gasteiger partial charge on any atom is -0.467 e. The second-order valence-corrected chi connectivity index (χ2v) is 8.39. The Balaban J connectivity index is 1.49. The lowest BCUT2D eigenvalue weighted by atomic mass is 10.1. The highest BCUT2D eigenvalue weighted by molar-refractivity contribution is 6.11. The van der Waals surface area contributed by atoms with Crippen LogP contribution in [-0.4, -0.2) is 31.4 Å². The van der Waals surface area contributed by atoms with Gasteiger partial charge < -0.3 is 15.1 Å². The van der Waals surface area contributed by atoms with Gasteiger partial charge in [0.05, 0.1) is 35.4 Å². The number of aryl methyl sites for hydroxylation is 1. The van der Waals surface area contributed by atoms with E-state index in [0.29, 0.717) is 34.9 Å². The van der Waals surface area contributed by atoms with E-state index in [9.17, 15) is 9.59 Å². The molecule has 2 aromatic carbocycles. The summed E-state index contributed by atoms with van der Waals surface area (Å²) < 4.78 is 8.65. The second kappa shape index (κ2) is 10.4. The number of carbonyl (C=O) groups is 2. The van der Waals surface area contributed by atoms with Gasteiger partial charge in [0.1, 0.15) is 11.5 Å². The number of nitrogens with zero attached hydrogens (tertiary/aromatic N) is 4. The summed E-state index contributed by atoms with van der Waals surface area (Å²) in [5.41, 5.74) is 3.73. The molecule has 0 fully saturated rings. The molecule has 9 heteroatoms. The van der Waals surface area contributed by atoms with Gasteiger partial charge in [0.25, 0.3) is 11.8 Å². The van der Waals surface area contributed by atoms with Crippen molar-refractivity contribution in [2.45, 2.75) is 26.9 Å². The lowest BCUT2D eigenvalue weighted by molar-refractivity contribution is 0.0943. The first-order valence-corrected chi connectivity index (χ1v) is 11.9. The molecule has 0 atom stereocenters. The summed E-state index contributed by atoms with van der Waals surface area (Å²) in [7, 11) is 0. The average Bonchev–Trinajstić information content (AvgIpc) is 3.67. The predicted molar refractivity (Wildman–Crippen MR) is 139 cm³/mol. The monoisotopic (exact) mass is 494 g/mol. The third kappa shape index (κ3) is 4.92. The van der Waals surface area contributed by atoms with Gasteiger partial charge in [0.15, 0.2) is 5.69 Å². The SMILES string of the molecule is CCn1cc(NC(=O)c2c(-c3ccccc3)nn(-c3ccccc3)c2C)c(C(=O)NCc2ccco2)n1. The van der Waals surface area contributed by atoms with Gasteiger partial charge in [-0.05, 0) is 38.1 Å². The summed E-state index contributed by atoms with van der Waals surface area (Å²) >= 11 is 0. The van der Waals surface area contributed by atoms with Crippen LogP contribution in [-0.2, 0) is 13.1 Å². The van der Waals surface area contributed by atoms with Crippen LogP contribution in [0, 0.1) is 6.92 Å². The Hall–Kier alpha value is -4.92.